The molecular weight excluding hydrogens is 279 g/mol. The average molecular weight is 292 g/mol. The molecule has 2 rings (SSSR count). The fourth-order valence-electron chi connectivity index (χ4n) is 1.71. The third-order valence-electron chi connectivity index (χ3n) is 2.85. The Kier molecular flexibility index (Phi) is 4.32. The van der Waals surface area contributed by atoms with E-state index in [1.807, 2.05) is 0 Å². The zero-order valence-electron chi connectivity index (χ0n) is 11.3. The van der Waals surface area contributed by atoms with Gasteiger partial charge >= 0.3 is 11.7 Å². The smallest absolute Gasteiger partial charge is 0.331 e. The first-order valence-corrected chi connectivity index (χ1v) is 6.14. The third-order valence-corrected chi connectivity index (χ3v) is 2.85. The van der Waals surface area contributed by atoms with Crippen molar-refractivity contribution in [2.24, 2.45) is 7.05 Å². The quantitative estimate of drug-likeness (QED) is 0.766. The van der Waals surface area contributed by atoms with Gasteiger partial charge in [-0.05, 0) is 17.7 Å². The van der Waals surface area contributed by atoms with Crippen molar-refractivity contribution in [3.8, 4) is 0 Å². The number of aromatic nitrogens is 2. The molecule has 6 nitrogen and oxygen atoms in total. The van der Waals surface area contributed by atoms with Gasteiger partial charge in [-0.2, -0.15) is 0 Å². The summed E-state index contributed by atoms with van der Waals surface area (Å²) in [7, 11) is 1.32. The number of hydrogen-bond acceptors (Lipinski definition) is 4. The molecule has 2 aromatic rings. The van der Waals surface area contributed by atoms with E-state index in [1.54, 1.807) is 6.07 Å². The van der Waals surface area contributed by atoms with Crippen LogP contribution in [0.25, 0.3) is 0 Å². The second-order valence-electron chi connectivity index (χ2n) is 4.41. The fourth-order valence-corrected chi connectivity index (χ4v) is 1.71. The highest BCUT2D eigenvalue weighted by Crippen LogP contribution is 2.05. The first-order chi connectivity index (χ1) is 9.97. The van der Waals surface area contributed by atoms with E-state index < -0.39 is 23.0 Å². The summed E-state index contributed by atoms with van der Waals surface area (Å²) in [6.45, 7) is -0.403. The van der Waals surface area contributed by atoms with E-state index in [1.165, 1.54) is 37.5 Å². The van der Waals surface area contributed by atoms with Crippen molar-refractivity contribution in [3.05, 3.63) is 68.7 Å². The van der Waals surface area contributed by atoms with Crippen molar-refractivity contribution in [2.45, 2.75) is 13.2 Å². The number of carbonyl (C=O) groups excluding carboxylic acids is 1. The second kappa shape index (κ2) is 6.17. The maximum Gasteiger partial charge on any atom is 0.331 e. The molecule has 1 aromatic heterocycles. The Hall–Kier alpha value is -2.70. The first kappa shape index (κ1) is 14.7. The van der Waals surface area contributed by atoms with Gasteiger partial charge in [0.15, 0.2) is 0 Å². The molecule has 110 valence electrons. The number of nitrogens with zero attached hydrogens (tertiary/aromatic N) is 2. The van der Waals surface area contributed by atoms with Crippen LogP contribution in [0, 0.1) is 5.82 Å². The lowest BCUT2D eigenvalue weighted by Gasteiger charge is -2.08. The number of hydrogen-bond donors (Lipinski definition) is 0. The average Bonchev–Trinajstić information content (AvgIpc) is 2.46. The van der Waals surface area contributed by atoms with Gasteiger partial charge in [0.2, 0.25) is 0 Å². The predicted molar refractivity (Wildman–Crippen MR) is 72.1 cm³/mol. The maximum absolute atomic E-state index is 13.0. The van der Waals surface area contributed by atoms with E-state index in [2.05, 4.69) is 0 Å². The predicted octanol–water partition coefficient (Wildman–Crippen LogP) is 0.429. The van der Waals surface area contributed by atoms with Crippen molar-refractivity contribution in [3.63, 3.8) is 0 Å². The maximum atomic E-state index is 13.0. The molecule has 0 amide bonds. The molecule has 0 atom stereocenters. The lowest BCUT2D eigenvalue weighted by molar-refractivity contribution is -0.145. The molecule has 0 saturated heterocycles. The standard InChI is InChI=1S/C14H13FN2O4/c1-16-12(18)5-6-17(14(16)20)8-13(19)21-9-10-3-2-4-11(15)7-10/h2-7H,8-9H2,1H3. The molecule has 0 N–H and O–H groups in total. The largest absolute Gasteiger partial charge is 0.459 e. The van der Waals surface area contributed by atoms with Gasteiger partial charge in [0.05, 0.1) is 0 Å². The summed E-state index contributed by atoms with van der Waals surface area (Å²) in [4.78, 5) is 34.6. The zero-order chi connectivity index (χ0) is 15.4. The molecule has 0 aliphatic carbocycles. The Morgan fingerprint density at radius 2 is 2.05 bits per heavy atom. The van der Waals surface area contributed by atoms with Crippen LogP contribution in [0.3, 0.4) is 0 Å². The van der Waals surface area contributed by atoms with E-state index in [-0.39, 0.29) is 13.2 Å². The summed E-state index contributed by atoms with van der Waals surface area (Å²) in [5.74, 6) is -1.07. The monoisotopic (exact) mass is 292 g/mol. The summed E-state index contributed by atoms with van der Waals surface area (Å²) in [6, 6.07) is 6.85. The van der Waals surface area contributed by atoms with Gasteiger partial charge < -0.3 is 4.74 Å². The van der Waals surface area contributed by atoms with Gasteiger partial charge in [-0.15, -0.1) is 0 Å². The van der Waals surface area contributed by atoms with Crippen molar-refractivity contribution < 1.29 is 13.9 Å². The van der Waals surface area contributed by atoms with E-state index in [4.69, 9.17) is 4.74 Å². The number of esters is 1. The molecule has 0 fully saturated rings. The summed E-state index contributed by atoms with van der Waals surface area (Å²) in [5, 5.41) is 0. The van der Waals surface area contributed by atoms with E-state index in [9.17, 15) is 18.8 Å². The van der Waals surface area contributed by atoms with E-state index >= 15 is 0 Å². The summed E-state index contributed by atoms with van der Waals surface area (Å²) in [6.07, 6.45) is 1.23. The summed E-state index contributed by atoms with van der Waals surface area (Å²) < 4.78 is 19.9. The van der Waals surface area contributed by atoms with Gasteiger partial charge in [0, 0.05) is 19.3 Å². The van der Waals surface area contributed by atoms with Crippen LogP contribution in [0.15, 0.2) is 46.1 Å². The highest BCUT2D eigenvalue weighted by atomic mass is 19.1. The Morgan fingerprint density at radius 1 is 1.29 bits per heavy atom. The Morgan fingerprint density at radius 3 is 2.76 bits per heavy atom. The Bertz CT molecular complexity index is 779. The SMILES string of the molecule is Cn1c(=O)ccn(CC(=O)OCc2cccc(F)c2)c1=O. The van der Waals surface area contributed by atoms with Crippen molar-refractivity contribution in [1.29, 1.82) is 0 Å². The van der Waals surface area contributed by atoms with Crippen molar-refractivity contribution in [1.82, 2.24) is 9.13 Å². The molecule has 0 aliphatic heterocycles. The lowest BCUT2D eigenvalue weighted by Crippen LogP contribution is -2.38. The van der Waals surface area contributed by atoms with Crippen molar-refractivity contribution >= 4 is 5.97 Å². The van der Waals surface area contributed by atoms with Crippen LogP contribution in [0.1, 0.15) is 5.56 Å². The molecule has 0 radical (unpaired) electrons. The molecule has 0 aliphatic rings. The third kappa shape index (κ3) is 3.65. The summed E-state index contributed by atoms with van der Waals surface area (Å²) >= 11 is 0. The highest BCUT2D eigenvalue weighted by Gasteiger charge is 2.08. The molecule has 0 spiro atoms. The molecule has 1 aromatic carbocycles. The molecular formula is C14H13FN2O4. The fraction of sp³-hybridized carbons (Fsp3) is 0.214. The highest BCUT2D eigenvalue weighted by molar-refractivity contribution is 5.69. The van der Waals surface area contributed by atoms with Crippen LogP contribution in [0.2, 0.25) is 0 Å². The molecule has 0 bridgehead atoms. The topological polar surface area (TPSA) is 70.3 Å². The van der Waals surface area contributed by atoms with Crippen LogP contribution in [0.5, 0.6) is 0 Å². The summed E-state index contributed by atoms with van der Waals surface area (Å²) in [5.41, 5.74) is -0.550. The van der Waals surface area contributed by atoms with Crippen LogP contribution in [0.4, 0.5) is 4.39 Å². The van der Waals surface area contributed by atoms with Crippen molar-refractivity contribution in [2.75, 3.05) is 0 Å². The minimum atomic E-state index is -0.653. The Labute approximate surface area is 119 Å². The number of carbonyl (C=O) groups is 1. The van der Waals surface area contributed by atoms with Crippen LogP contribution in [-0.4, -0.2) is 15.1 Å². The minimum absolute atomic E-state index is 0.0862. The number of rotatable bonds is 4. The second-order valence-corrected chi connectivity index (χ2v) is 4.41. The molecule has 0 saturated carbocycles. The number of halogens is 1. The number of benzene rings is 1. The van der Waals surface area contributed by atoms with Crippen LogP contribution in [-0.2, 0) is 29.7 Å². The van der Waals surface area contributed by atoms with Gasteiger partial charge in [0.1, 0.15) is 19.0 Å². The zero-order valence-corrected chi connectivity index (χ0v) is 11.3. The number of ether oxygens (including phenoxy) is 1. The van der Waals surface area contributed by atoms with Gasteiger partial charge in [0.25, 0.3) is 5.56 Å². The molecule has 21 heavy (non-hydrogen) atoms. The van der Waals surface area contributed by atoms with Crippen LogP contribution >= 0.6 is 0 Å². The molecule has 1 heterocycles. The molecule has 0 unspecified atom stereocenters. The normalized spacial score (nSPS) is 10.4. The van der Waals surface area contributed by atoms with Crippen LogP contribution < -0.4 is 11.2 Å². The van der Waals surface area contributed by atoms with Gasteiger partial charge in [-0.1, -0.05) is 12.1 Å². The Balaban J connectivity index is 2.01. The minimum Gasteiger partial charge on any atom is -0.459 e. The van der Waals surface area contributed by atoms with E-state index in [0.29, 0.717) is 5.56 Å². The molecule has 7 heteroatoms. The van der Waals surface area contributed by atoms with Gasteiger partial charge in [-0.25, -0.2) is 9.18 Å². The lowest BCUT2D eigenvalue weighted by atomic mass is 10.2. The van der Waals surface area contributed by atoms with Gasteiger partial charge in [-0.3, -0.25) is 18.7 Å². The first-order valence-electron chi connectivity index (χ1n) is 6.14. The van der Waals surface area contributed by atoms with E-state index in [0.717, 1.165) is 9.13 Å².